The van der Waals surface area contributed by atoms with Gasteiger partial charge in [-0.1, -0.05) is 12.1 Å². The van der Waals surface area contributed by atoms with Crippen molar-refractivity contribution in [1.29, 1.82) is 0 Å². The molecule has 150 valence electrons. The number of carbonyl (C=O) groups excluding carboxylic acids is 1. The highest BCUT2D eigenvalue weighted by molar-refractivity contribution is 5.79. The number of anilines is 1. The molecule has 1 fully saturated rings. The van der Waals surface area contributed by atoms with Gasteiger partial charge in [0.25, 0.3) is 0 Å². The molecule has 1 unspecified atom stereocenters. The molecule has 0 saturated carbocycles. The van der Waals surface area contributed by atoms with E-state index in [-0.39, 0.29) is 11.8 Å². The number of piperidine rings is 1. The average Bonchev–Trinajstić information content (AvgIpc) is 3.33. The monoisotopic (exact) mass is 392 g/mol. The van der Waals surface area contributed by atoms with Crippen LogP contribution in [0.15, 0.2) is 55.1 Å². The molecule has 1 saturated heterocycles. The second-order valence-corrected chi connectivity index (χ2v) is 7.07. The Balaban J connectivity index is 1.34. The fraction of sp³-hybridized carbons (Fsp3) is 0.333. The van der Waals surface area contributed by atoms with Crippen molar-refractivity contribution in [1.82, 2.24) is 25.1 Å². The number of benzene rings is 1. The van der Waals surface area contributed by atoms with Crippen molar-refractivity contribution in [2.45, 2.75) is 19.4 Å². The molecule has 8 heteroatoms. The molecule has 2 aromatic heterocycles. The quantitative estimate of drug-likeness (QED) is 0.692. The van der Waals surface area contributed by atoms with Crippen molar-refractivity contribution in [2.75, 3.05) is 25.1 Å². The second-order valence-electron chi connectivity index (χ2n) is 7.07. The molecule has 0 bridgehead atoms. The maximum Gasteiger partial charge on any atom is 0.225 e. The highest BCUT2D eigenvalue weighted by Crippen LogP contribution is 2.22. The summed E-state index contributed by atoms with van der Waals surface area (Å²) in [6.07, 6.45) is 7.05. The second kappa shape index (κ2) is 8.72. The van der Waals surface area contributed by atoms with Gasteiger partial charge in [-0.2, -0.15) is 0 Å². The molecular formula is C21H24N6O2. The van der Waals surface area contributed by atoms with Crippen LogP contribution in [-0.2, 0) is 11.3 Å². The number of hydrogen-bond donors (Lipinski definition) is 1. The molecule has 1 aliphatic rings. The Hall–Kier alpha value is -3.42. The molecule has 29 heavy (non-hydrogen) atoms. The summed E-state index contributed by atoms with van der Waals surface area (Å²) in [5.74, 6) is 2.34. The Morgan fingerprint density at radius 2 is 1.97 bits per heavy atom. The number of imidazole rings is 1. The molecule has 0 radical (unpaired) electrons. The Labute approximate surface area is 169 Å². The SMILES string of the molecule is COc1ccc(CNC(=O)C2CCCN(c3ccc(-n4ccnc4)nn3)C2)cc1. The van der Waals surface area contributed by atoms with Crippen LogP contribution in [0, 0.1) is 5.92 Å². The van der Waals surface area contributed by atoms with Crippen molar-refractivity contribution in [3.05, 3.63) is 60.7 Å². The Morgan fingerprint density at radius 1 is 1.17 bits per heavy atom. The zero-order valence-electron chi connectivity index (χ0n) is 16.4. The van der Waals surface area contributed by atoms with Gasteiger partial charge in [-0.15, -0.1) is 10.2 Å². The maximum absolute atomic E-state index is 12.7. The van der Waals surface area contributed by atoms with E-state index in [0.717, 1.165) is 42.3 Å². The van der Waals surface area contributed by atoms with E-state index in [1.54, 1.807) is 19.6 Å². The zero-order chi connectivity index (χ0) is 20.1. The van der Waals surface area contributed by atoms with Gasteiger partial charge in [0, 0.05) is 32.0 Å². The van der Waals surface area contributed by atoms with Gasteiger partial charge in [-0.05, 0) is 42.7 Å². The highest BCUT2D eigenvalue weighted by Gasteiger charge is 2.26. The first kappa shape index (κ1) is 18.9. The summed E-state index contributed by atoms with van der Waals surface area (Å²) >= 11 is 0. The molecule has 0 aliphatic carbocycles. The Morgan fingerprint density at radius 3 is 2.66 bits per heavy atom. The lowest BCUT2D eigenvalue weighted by molar-refractivity contribution is -0.125. The normalized spacial score (nSPS) is 16.4. The molecule has 1 atom stereocenters. The summed E-state index contributed by atoms with van der Waals surface area (Å²) in [6, 6.07) is 11.6. The van der Waals surface area contributed by atoms with Crippen LogP contribution in [-0.4, -0.2) is 45.9 Å². The van der Waals surface area contributed by atoms with E-state index in [9.17, 15) is 4.79 Å². The number of methoxy groups -OCH3 is 1. The van der Waals surface area contributed by atoms with Gasteiger partial charge >= 0.3 is 0 Å². The van der Waals surface area contributed by atoms with Gasteiger partial charge in [0.05, 0.1) is 13.0 Å². The van der Waals surface area contributed by atoms with Crippen LogP contribution in [0.1, 0.15) is 18.4 Å². The molecule has 1 amide bonds. The minimum Gasteiger partial charge on any atom is -0.497 e. The van der Waals surface area contributed by atoms with Gasteiger partial charge in [-0.25, -0.2) is 4.98 Å². The number of amides is 1. The first-order valence-corrected chi connectivity index (χ1v) is 9.70. The fourth-order valence-electron chi connectivity index (χ4n) is 3.50. The summed E-state index contributed by atoms with van der Waals surface area (Å²) in [7, 11) is 1.64. The zero-order valence-corrected chi connectivity index (χ0v) is 16.4. The van der Waals surface area contributed by atoms with Crippen molar-refractivity contribution in [2.24, 2.45) is 5.92 Å². The molecular weight excluding hydrogens is 368 g/mol. The fourth-order valence-corrected chi connectivity index (χ4v) is 3.50. The molecule has 3 heterocycles. The van der Waals surface area contributed by atoms with Crippen molar-refractivity contribution in [3.63, 3.8) is 0 Å². The third-order valence-corrected chi connectivity index (χ3v) is 5.15. The van der Waals surface area contributed by atoms with E-state index in [2.05, 4.69) is 25.4 Å². The van der Waals surface area contributed by atoms with E-state index in [0.29, 0.717) is 13.1 Å². The summed E-state index contributed by atoms with van der Waals surface area (Å²) in [5, 5.41) is 11.7. The Kier molecular flexibility index (Phi) is 5.69. The third kappa shape index (κ3) is 4.53. The average molecular weight is 392 g/mol. The summed E-state index contributed by atoms with van der Waals surface area (Å²) < 4.78 is 6.97. The summed E-state index contributed by atoms with van der Waals surface area (Å²) in [4.78, 5) is 18.8. The molecule has 1 N–H and O–H groups in total. The van der Waals surface area contributed by atoms with Crippen LogP contribution in [0.5, 0.6) is 5.75 Å². The lowest BCUT2D eigenvalue weighted by Gasteiger charge is -2.32. The summed E-state index contributed by atoms with van der Waals surface area (Å²) in [6.45, 7) is 2.04. The first-order chi connectivity index (χ1) is 14.2. The number of hydrogen-bond acceptors (Lipinski definition) is 6. The predicted octanol–water partition coefficient (Wildman–Crippen LogP) is 2.20. The van der Waals surface area contributed by atoms with Gasteiger partial charge in [0.2, 0.25) is 5.91 Å². The van der Waals surface area contributed by atoms with Crippen LogP contribution in [0.4, 0.5) is 5.82 Å². The minimum absolute atomic E-state index is 0.0582. The van der Waals surface area contributed by atoms with E-state index < -0.39 is 0 Å². The van der Waals surface area contributed by atoms with E-state index in [1.165, 1.54) is 0 Å². The minimum atomic E-state index is -0.0582. The van der Waals surface area contributed by atoms with Crippen molar-refractivity contribution < 1.29 is 9.53 Å². The van der Waals surface area contributed by atoms with Crippen LogP contribution < -0.4 is 15.0 Å². The molecule has 4 rings (SSSR count). The predicted molar refractivity (Wildman–Crippen MR) is 109 cm³/mol. The number of ether oxygens (including phenoxy) is 1. The standard InChI is InChI=1S/C21H24N6O2/c1-29-18-6-4-16(5-7-18)13-23-21(28)17-3-2-11-26(14-17)19-8-9-20(25-24-19)27-12-10-22-15-27/h4-10,12,15,17H,2-3,11,13-14H2,1H3,(H,23,28). The lowest BCUT2D eigenvalue weighted by atomic mass is 9.97. The Bertz CT molecular complexity index is 925. The third-order valence-electron chi connectivity index (χ3n) is 5.15. The van der Waals surface area contributed by atoms with Crippen LogP contribution in [0.2, 0.25) is 0 Å². The number of aromatic nitrogens is 4. The van der Waals surface area contributed by atoms with Crippen LogP contribution in [0.3, 0.4) is 0 Å². The van der Waals surface area contributed by atoms with Gasteiger partial charge < -0.3 is 15.0 Å². The molecule has 1 aliphatic heterocycles. The molecule has 8 nitrogen and oxygen atoms in total. The largest absolute Gasteiger partial charge is 0.497 e. The molecule has 1 aromatic carbocycles. The van der Waals surface area contributed by atoms with E-state index in [4.69, 9.17) is 4.74 Å². The van der Waals surface area contributed by atoms with Gasteiger partial charge in [0.1, 0.15) is 12.1 Å². The number of rotatable bonds is 6. The summed E-state index contributed by atoms with van der Waals surface area (Å²) in [5.41, 5.74) is 1.05. The lowest BCUT2D eigenvalue weighted by Crippen LogP contribution is -2.43. The van der Waals surface area contributed by atoms with Crippen molar-refractivity contribution in [3.8, 4) is 11.6 Å². The van der Waals surface area contributed by atoms with Crippen molar-refractivity contribution >= 4 is 11.7 Å². The van der Waals surface area contributed by atoms with Gasteiger partial charge in [-0.3, -0.25) is 9.36 Å². The first-order valence-electron chi connectivity index (χ1n) is 9.70. The van der Waals surface area contributed by atoms with Crippen LogP contribution >= 0.6 is 0 Å². The topological polar surface area (TPSA) is 85.2 Å². The maximum atomic E-state index is 12.7. The smallest absolute Gasteiger partial charge is 0.225 e. The van der Waals surface area contributed by atoms with E-state index >= 15 is 0 Å². The van der Waals surface area contributed by atoms with Crippen LogP contribution in [0.25, 0.3) is 5.82 Å². The molecule has 3 aromatic rings. The van der Waals surface area contributed by atoms with Gasteiger partial charge in [0.15, 0.2) is 11.6 Å². The highest BCUT2D eigenvalue weighted by atomic mass is 16.5. The number of carbonyl (C=O) groups is 1. The molecule has 0 spiro atoms. The number of nitrogens with one attached hydrogen (secondary N) is 1. The van der Waals surface area contributed by atoms with E-state index in [1.807, 2.05) is 47.2 Å². The number of nitrogens with zero attached hydrogens (tertiary/aromatic N) is 5.